The fourth-order valence-corrected chi connectivity index (χ4v) is 5.63. The van der Waals surface area contributed by atoms with E-state index >= 15 is 0 Å². The molecule has 9 heteroatoms. The van der Waals surface area contributed by atoms with E-state index in [1.54, 1.807) is 6.92 Å². The second-order valence-electron chi connectivity index (χ2n) is 6.42. The van der Waals surface area contributed by atoms with E-state index in [-0.39, 0.29) is 11.3 Å². The highest BCUT2D eigenvalue weighted by Crippen LogP contribution is 2.34. The normalized spacial score (nSPS) is 17.3. The molecule has 0 saturated carbocycles. The third kappa shape index (κ3) is 4.28. The largest absolute Gasteiger partial charge is 0.379 e. The molecular weight excluding hydrogens is 404 g/mol. The fourth-order valence-electron chi connectivity index (χ4n) is 2.89. The summed E-state index contributed by atoms with van der Waals surface area (Å²) in [7, 11) is -9.55. The minimum atomic E-state index is -4.87. The number of rotatable bonds is 7. The summed E-state index contributed by atoms with van der Waals surface area (Å²) in [5.41, 5.74) is 1.53. The van der Waals surface area contributed by atoms with Crippen molar-refractivity contribution < 1.29 is 30.5 Å². The van der Waals surface area contributed by atoms with E-state index in [9.17, 15) is 16.8 Å². The maximum Gasteiger partial charge on any atom is 0.379 e. The van der Waals surface area contributed by atoms with Gasteiger partial charge in [-0.3, -0.25) is 4.18 Å². The monoisotopic (exact) mass is 426 g/mol. The van der Waals surface area contributed by atoms with Gasteiger partial charge in [0.1, 0.15) is 0 Å². The van der Waals surface area contributed by atoms with E-state index in [1.165, 1.54) is 24.3 Å². The van der Waals surface area contributed by atoms with Gasteiger partial charge in [-0.05, 0) is 25.5 Å². The maximum absolute atomic E-state index is 12.4. The molecule has 7 nitrogen and oxygen atoms in total. The molecule has 0 atom stereocenters. The zero-order chi connectivity index (χ0) is 20.3. The van der Waals surface area contributed by atoms with Crippen LogP contribution in [0, 0.1) is 6.92 Å². The Hall–Kier alpha value is -1.78. The maximum atomic E-state index is 12.4. The second kappa shape index (κ2) is 8.30. The Morgan fingerprint density at radius 1 is 0.929 bits per heavy atom. The van der Waals surface area contributed by atoms with Gasteiger partial charge in [-0.15, -0.1) is 0 Å². The lowest BCUT2D eigenvalue weighted by atomic mass is 10.0. The quantitative estimate of drug-likeness (QED) is 0.628. The summed E-state index contributed by atoms with van der Waals surface area (Å²) in [5.74, 6) is -1.16. The smallest absolute Gasteiger partial charge is 0.346 e. The van der Waals surface area contributed by atoms with Crippen LogP contribution in [0.1, 0.15) is 24.0 Å². The van der Waals surface area contributed by atoms with E-state index in [0.29, 0.717) is 13.2 Å². The first-order valence-electron chi connectivity index (χ1n) is 8.81. The minimum Gasteiger partial charge on any atom is -0.346 e. The molecule has 0 aromatic heterocycles. The predicted molar refractivity (Wildman–Crippen MR) is 102 cm³/mol. The predicted octanol–water partition coefficient (Wildman–Crippen LogP) is 2.71. The first-order chi connectivity index (χ1) is 13.3. The van der Waals surface area contributed by atoms with Crippen molar-refractivity contribution in [2.24, 2.45) is 0 Å². The summed E-state index contributed by atoms with van der Waals surface area (Å²) in [5, 5.41) is 0. The molecule has 0 bridgehead atoms. The standard InChI is InChI=1S/C19H22O7S2/c1-16-8-10-18(11-9-16)27(20,21)28(22,23)26-15-12-19(24-13-5-14-25-19)17-6-3-2-4-7-17/h2-4,6-11H,5,12-15H2,1H3. The lowest BCUT2D eigenvalue weighted by molar-refractivity contribution is -0.281. The molecule has 0 amide bonds. The third-order valence-corrected chi connectivity index (χ3v) is 8.73. The van der Waals surface area contributed by atoms with Gasteiger partial charge in [0.2, 0.25) is 0 Å². The van der Waals surface area contributed by atoms with Crippen LogP contribution in [0.3, 0.4) is 0 Å². The van der Waals surface area contributed by atoms with Crippen LogP contribution >= 0.6 is 0 Å². The van der Waals surface area contributed by atoms with Gasteiger partial charge in [-0.25, -0.2) is 8.42 Å². The number of hydrogen-bond acceptors (Lipinski definition) is 7. The number of hydrogen-bond donors (Lipinski definition) is 0. The number of ether oxygens (including phenoxy) is 2. The van der Waals surface area contributed by atoms with Crippen molar-refractivity contribution in [2.75, 3.05) is 19.8 Å². The van der Waals surface area contributed by atoms with Crippen molar-refractivity contribution in [3.63, 3.8) is 0 Å². The van der Waals surface area contributed by atoms with Gasteiger partial charge in [0.25, 0.3) is 0 Å². The van der Waals surface area contributed by atoms with Crippen LogP contribution in [-0.4, -0.2) is 36.7 Å². The number of aryl methyl sites for hydroxylation is 1. The molecule has 1 heterocycles. The zero-order valence-electron chi connectivity index (χ0n) is 15.4. The van der Waals surface area contributed by atoms with E-state index < -0.39 is 30.4 Å². The Kier molecular flexibility index (Phi) is 6.21. The summed E-state index contributed by atoms with van der Waals surface area (Å²) < 4.78 is 66.0. The Morgan fingerprint density at radius 3 is 2.14 bits per heavy atom. The molecule has 1 aliphatic heterocycles. The van der Waals surface area contributed by atoms with Gasteiger partial charge in [-0.1, -0.05) is 48.0 Å². The van der Waals surface area contributed by atoms with Crippen molar-refractivity contribution in [3.05, 3.63) is 65.7 Å². The molecule has 2 aromatic rings. The summed E-state index contributed by atoms with van der Waals surface area (Å²) in [6, 6.07) is 14.6. The Morgan fingerprint density at radius 2 is 1.54 bits per heavy atom. The van der Waals surface area contributed by atoms with Crippen molar-refractivity contribution in [2.45, 2.75) is 30.4 Å². The topological polar surface area (TPSA) is 96.0 Å². The van der Waals surface area contributed by atoms with Crippen LogP contribution in [0.4, 0.5) is 0 Å². The first kappa shape index (κ1) is 20.9. The molecule has 3 rings (SSSR count). The minimum absolute atomic E-state index is 0.0274. The number of benzene rings is 2. The molecule has 0 N–H and O–H groups in total. The fraction of sp³-hybridized carbons (Fsp3) is 0.368. The average Bonchev–Trinajstić information content (AvgIpc) is 2.69. The Bertz CT molecular complexity index is 992. The molecule has 0 unspecified atom stereocenters. The molecule has 152 valence electrons. The van der Waals surface area contributed by atoms with Crippen LogP contribution in [-0.2, 0) is 37.5 Å². The summed E-state index contributed by atoms with van der Waals surface area (Å²) in [4.78, 5) is -0.332. The molecule has 28 heavy (non-hydrogen) atoms. The van der Waals surface area contributed by atoms with Crippen molar-refractivity contribution in [3.8, 4) is 0 Å². The molecule has 1 fully saturated rings. The van der Waals surface area contributed by atoms with Gasteiger partial charge in [0.05, 0.1) is 24.7 Å². The van der Waals surface area contributed by atoms with E-state index in [2.05, 4.69) is 0 Å². The van der Waals surface area contributed by atoms with E-state index in [1.807, 2.05) is 30.3 Å². The van der Waals surface area contributed by atoms with Gasteiger partial charge in [0, 0.05) is 12.0 Å². The van der Waals surface area contributed by atoms with E-state index in [0.717, 1.165) is 17.5 Å². The van der Waals surface area contributed by atoms with Crippen molar-refractivity contribution in [1.29, 1.82) is 0 Å². The van der Waals surface area contributed by atoms with Crippen LogP contribution in [0.2, 0.25) is 0 Å². The van der Waals surface area contributed by atoms with Crippen LogP contribution < -0.4 is 0 Å². The molecule has 2 aromatic carbocycles. The van der Waals surface area contributed by atoms with Gasteiger partial charge in [0.15, 0.2) is 5.79 Å². The molecular formula is C19H22O7S2. The third-order valence-electron chi connectivity index (χ3n) is 4.41. The van der Waals surface area contributed by atoms with Gasteiger partial charge < -0.3 is 9.47 Å². The average molecular weight is 427 g/mol. The first-order valence-corrected chi connectivity index (χ1v) is 12.2. The van der Waals surface area contributed by atoms with Crippen LogP contribution in [0.25, 0.3) is 0 Å². The molecule has 0 spiro atoms. The highest BCUT2D eigenvalue weighted by molar-refractivity contribution is 8.65. The SMILES string of the molecule is Cc1ccc(S(=O)(=O)S(=O)(=O)OCCC2(c3ccccc3)OCCCO2)cc1. The van der Waals surface area contributed by atoms with Crippen molar-refractivity contribution >= 4 is 18.0 Å². The molecule has 0 aliphatic carbocycles. The summed E-state index contributed by atoms with van der Waals surface area (Å²) in [6.45, 7) is 2.27. The Labute approximate surface area is 164 Å². The second-order valence-corrected chi connectivity index (χ2v) is 11.4. The van der Waals surface area contributed by atoms with Crippen molar-refractivity contribution in [1.82, 2.24) is 0 Å². The summed E-state index contributed by atoms with van der Waals surface area (Å²) in [6.07, 6.45) is 0.745. The molecule has 0 radical (unpaired) electrons. The lowest BCUT2D eigenvalue weighted by Crippen LogP contribution is -2.39. The highest BCUT2D eigenvalue weighted by atomic mass is 33.2. The molecule has 1 aliphatic rings. The molecule has 1 saturated heterocycles. The van der Waals surface area contributed by atoms with Gasteiger partial charge in [-0.2, -0.15) is 8.42 Å². The zero-order valence-corrected chi connectivity index (χ0v) is 17.0. The lowest BCUT2D eigenvalue weighted by Gasteiger charge is -2.37. The van der Waals surface area contributed by atoms with E-state index in [4.69, 9.17) is 13.7 Å². The van der Waals surface area contributed by atoms with Crippen LogP contribution in [0.15, 0.2) is 59.5 Å². The Balaban J connectivity index is 1.75. The van der Waals surface area contributed by atoms with Gasteiger partial charge >= 0.3 is 18.0 Å². The van der Waals surface area contributed by atoms with Crippen LogP contribution in [0.5, 0.6) is 0 Å². The highest BCUT2D eigenvalue weighted by Gasteiger charge is 2.39. The summed E-state index contributed by atoms with van der Waals surface area (Å²) >= 11 is 0.